The Morgan fingerprint density at radius 1 is 0.941 bits per heavy atom. The van der Waals surface area contributed by atoms with Gasteiger partial charge in [-0.2, -0.15) is 0 Å². The molecule has 0 aromatic heterocycles. The summed E-state index contributed by atoms with van der Waals surface area (Å²) in [7, 11) is 0. The monoisotopic (exact) mass is 246 g/mol. The smallest absolute Gasteiger partial charge is 0.413 e. The molecule has 0 saturated carbocycles. The van der Waals surface area contributed by atoms with Crippen molar-refractivity contribution in [2.24, 2.45) is 0 Å². The summed E-state index contributed by atoms with van der Waals surface area (Å²) >= 11 is 0. The van der Waals surface area contributed by atoms with Gasteiger partial charge in [0.2, 0.25) is 0 Å². The molecule has 0 aromatic rings. The van der Waals surface area contributed by atoms with Crippen LogP contribution in [0.1, 0.15) is 13.8 Å². The van der Waals surface area contributed by atoms with Crippen LogP contribution in [0.25, 0.3) is 0 Å². The number of carbonyl (C=O) groups is 4. The van der Waals surface area contributed by atoms with E-state index in [-0.39, 0.29) is 0 Å². The van der Waals surface area contributed by atoms with Crippen molar-refractivity contribution in [3.8, 4) is 0 Å². The van der Waals surface area contributed by atoms with Gasteiger partial charge in [0.15, 0.2) is 0 Å². The van der Waals surface area contributed by atoms with Gasteiger partial charge in [-0.3, -0.25) is 9.59 Å². The lowest BCUT2D eigenvalue weighted by atomic mass is 10.5. The van der Waals surface area contributed by atoms with Crippen LogP contribution in [-0.2, 0) is 33.4 Å². The number of esters is 3. The predicted octanol–water partition coefficient (Wildman–Crippen LogP) is -0.420. The van der Waals surface area contributed by atoms with E-state index in [0.717, 1.165) is 13.8 Å². The van der Waals surface area contributed by atoms with Crippen LogP contribution in [0.4, 0.5) is 0 Å². The van der Waals surface area contributed by atoms with Gasteiger partial charge in [0, 0.05) is 26.0 Å². The lowest BCUT2D eigenvalue weighted by Gasteiger charge is -2.14. The molecule has 1 N–H and O–H groups in total. The molecule has 94 valence electrons. The van der Waals surface area contributed by atoms with Gasteiger partial charge in [0.25, 0.3) is 0 Å². The van der Waals surface area contributed by atoms with Crippen molar-refractivity contribution >= 4 is 23.9 Å². The average molecular weight is 246 g/mol. The highest BCUT2D eigenvalue weighted by atomic mass is 16.9. The van der Waals surface area contributed by atoms with E-state index in [9.17, 15) is 19.2 Å². The van der Waals surface area contributed by atoms with Gasteiger partial charge in [-0.15, -0.1) is 0 Å². The maximum absolute atomic E-state index is 11.0. The number of carboxylic acid groups (broad SMARTS) is 1. The molecule has 0 radical (unpaired) electrons. The summed E-state index contributed by atoms with van der Waals surface area (Å²) in [5.74, 6) is -4.18. The molecule has 0 fully saturated rings. The van der Waals surface area contributed by atoms with Crippen molar-refractivity contribution in [3.63, 3.8) is 0 Å². The van der Waals surface area contributed by atoms with E-state index >= 15 is 0 Å². The number of ether oxygens (including phenoxy) is 3. The molecule has 0 unspecified atom stereocenters. The summed E-state index contributed by atoms with van der Waals surface area (Å²) < 4.78 is 13.0. The minimum absolute atomic E-state index is 0.515. The molecule has 0 bridgehead atoms. The maximum Gasteiger partial charge on any atom is 0.413 e. The van der Waals surface area contributed by atoms with Crippen molar-refractivity contribution in [1.29, 1.82) is 0 Å². The first-order chi connectivity index (χ1) is 7.81. The van der Waals surface area contributed by atoms with Gasteiger partial charge in [-0.05, 0) is 0 Å². The van der Waals surface area contributed by atoms with Gasteiger partial charge in [-0.25, -0.2) is 9.59 Å². The molecule has 0 aliphatic rings. The van der Waals surface area contributed by atoms with Gasteiger partial charge in [0.1, 0.15) is 0 Å². The fourth-order valence-corrected chi connectivity index (χ4v) is 0.617. The molecule has 8 nitrogen and oxygen atoms in total. The van der Waals surface area contributed by atoms with E-state index in [4.69, 9.17) is 5.11 Å². The zero-order valence-electron chi connectivity index (χ0n) is 9.04. The molecule has 17 heavy (non-hydrogen) atoms. The number of rotatable bonds is 5. The van der Waals surface area contributed by atoms with Crippen LogP contribution >= 0.6 is 0 Å². The van der Waals surface area contributed by atoms with Gasteiger partial charge in [0.05, 0.1) is 0 Å². The first kappa shape index (κ1) is 14.6. The van der Waals surface area contributed by atoms with Crippen molar-refractivity contribution < 1.29 is 38.5 Å². The molecule has 0 amide bonds. The lowest BCUT2D eigenvalue weighted by Crippen LogP contribution is -2.27. The van der Waals surface area contributed by atoms with E-state index in [1.54, 1.807) is 0 Å². The average Bonchev–Trinajstić information content (AvgIpc) is 2.12. The van der Waals surface area contributed by atoms with Crippen molar-refractivity contribution in [1.82, 2.24) is 0 Å². The second-order valence-corrected chi connectivity index (χ2v) is 2.62. The number of carboxylic acids is 1. The highest BCUT2D eigenvalue weighted by molar-refractivity contribution is 5.90. The molecular weight excluding hydrogens is 236 g/mol. The quantitative estimate of drug-likeness (QED) is 0.395. The summed E-state index contributed by atoms with van der Waals surface area (Å²) in [6.45, 7) is 0.186. The van der Waals surface area contributed by atoms with Crippen molar-refractivity contribution in [2.45, 2.75) is 20.3 Å². The molecule has 0 aliphatic carbocycles. The highest BCUT2D eigenvalue weighted by Crippen LogP contribution is 2.00. The molecule has 0 atom stereocenters. The summed E-state index contributed by atoms with van der Waals surface area (Å²) in [5, 5.41) is 8.22. The van der Waals surface area contributed by atoms with Crippen LogP contribution in [-0.4, -0.2) is 35.5 Å². The SMILES string of the molecule is CC(=O)OC(OC(C)=O)OC(=O)C=CC(=O)O. The van der Waals surface area contributed by atoms with E-state index in [0.29, 0.717) is 12.2 Å². The lowest BCUT2D eigenvalue weighted by molar-refractivity contribution is -0.253. The minimum atomic E-state index is -1.84. The molecule has 0 aliphatic heterocycles. The first-order valence-corrected chi connectivity index (χ1v) is 4.27. The number of carbonyl (C=O) groups excluding carboxylic acids is 3. The van der Waals surface area contributed by atoms with Crippen LogP contribution in [0.5, 0.6) is 0 Å². The fourth-order valence-electron chi connectivity index (χ4n) is 0.617. The van der Waals surface area contributed by atoms with Crippen LogP contribution in [0.2, 0.25) is 0 Å². The second-order valence-electron chi connectivity index (χ2n) is 2.62. The van der Waals surface area contributed by atoms with Crippen LogP contribution in [0.15, 0.2) is 12.2 Å². The van der Waals surface area contributed by atoms with Gasteiger partial charge in [-0.1, -0.05) is 0 Å². The number of aliphatic carboxylic acids is 1. The zero-order valence-corrected chi connectivity index (χ0v) is 9.04. The third-order valence-corrected chi connectivity index (χ3v) is 1.10. The van der Waals surface area contributed by atoms with Crippen molar-refractivity contribution in [2.75, 3.05) is 0 Å². The summed E-state index contributed by atoms with van der Waals surface area (Å²) in [6, 6.07) is 0. The Labute approximate surface area is 95.8 Å². The zero-order chi connectivity index (χ0) is 13.4. The minimum Gasteiger partial charge on any atom is -0.478 e. The first-order valence-electron chi connectivity index (χ1n) is 4.27. The Kier molecular flexibility index (Phi) is 6.01. The topological polar surface area (TPSA) is 116 Å². The molecule has 0 aromatic carbocycles. The van der Waals surface area contributed by atoms with E-state index < -0.39 is 30.4 Å². The predicted molar refractivity (Wildman–Crippen MR) is 50.2 cm³/mol. The molecular formula is C9H10O8. The Morgan fingerprint density at radius 2 is 1.41 bits per heavy atom. The van der Waals surface area contributed by atoms with E-state index in [1.807, 2.05) is 0 Å². The molecule has 8 heteroatoms. The van der Waals surface area contributed by atoms with Gasteiger partial charge >= 0.3 is 30.4 Å². The molecule has 0 spiro atoms. The molecule has 0 saturated heterocycles. The van der Waals surface area contributed by atoms with E-state index in [2.05, 4.69) is 14.2 Å². The van der Waals surface area contributed by atoms with Crippen LogP contribution in [0, 0.1) is 0 Å². The third kappa shape index (κ3) is 8.60. The maximum atomic E-state index is 11.0. The van der Waals surface area contributed by atoms with Crippen LogP contribution in [0.3, 0.4) is 0 Å². The number of hydrogen-bond donors (Lipinski definition) is 1. The normalized spacial score (nSPS) is 10.1. The van der Waals surface area contributed by atoms with Crippen molar-refractivity contribution in [3.05, 3.63) is 12.2 Å². The highest BCUT2D eigenvalue weighted by Gasteiger charge is 2.19. The standard InChI is InChI=1S/C9H10O8/c1-5(10)15-9(16-6(2)11)17-8(14)4-3-7(12)13/h3-4,9H,1-2H3,(H,12,13). The fraction of sp³-hybridized carbons (Fsp3) is 0.333. The second kappa shape index (κ2) is 6.99. The summed E-state index contributed by atoms with van der Waals surface area (Å²) in [6.07, 6.45) is 1.09. The Hall–Kier alpha value is -2.38. The van der Waals surface area contributed by atoms with Crippen LogP contribution < -0.4 is 0 Å². The Balaban J connectivity index is 4.41. The Bertz CT molecular complexity index is 340. The van der Waals surface area contributed by atoms with Gasteiger partial charge < -0.3 is 19.3 Å². The summed E-state index contributed by atoms with van der Waals surface area (Å²) in [5.41, 5.74) is 0. The summed E-state index contributed by atoms with van der Waals surface area (Å²) in [4.78, 5) is 42.2. The Morgan fingerprint density at radius 3 is 1.76 bits per heavy atom. The largest absolute Gasteiger partial charge is 0.478 e. The molecule has 0 heterocycles. The van der Waals surface area contributed by atoms with E-state index in [1.165, 1.54) is 0 Å². The molecule has 0 rings (SSSR count). The third-order valence-electron chi connectivity index (χ3n) is 1.10. The number of hydrogen-bond acceptors (Lipinski definition) is 7.